The average molecular weight is 554 g/mol. The van der Waals surface area contributed by atoms with Crippen LogP contribution in [0, 0.1) is 5.92 Å². The summed E-state index contributed by atoms with van der Waals surface area (Å²) in [6.07, 6.45) is -3.04. The quantitative estimate of drug-likeness (QED) is 0.209. The molecule has 1 aliphatic carbocycles. The molecule has 0 atom stereocenters. The van der Waals surface area contributed by atoms with Gasteiger partial charge in [0, 0.05) is 19.1 Å². The van der Waals surface area contributed by atoms with E-state index in [0.717, 1.165) is 11.3 Å². The summed E-state index contributed by atoms with van der Waals surface area (Å²) < 4.78 is 65.0. The van der Waals surface area contributed by atoms with Gasteiger partial charge in [0.2, 0.25) is 10.0 Å². The summed E-state index contributed by atoms with van der Waals surface area (Å²) in [4.78, 5) is 4.31. The predicted molar refractivity (Wildman–Crippen MR) is 116 cm³/mol. The maximum Gasteiger partial charge on any atom is 0.391 e. The van der Waals surface area contributed by atoms with E-state index in [1.807, 2.05) is 6.92 Å². The second-order valence-corrected chi connectivity index (χ2v) is 9.27. The number of thiophene rings is 1. The first-order valence-corrected chi connectivity index (χ1v) is 11.2. The molecule has 1 aliphatic rings. The Morgan fingerprint density at radius 3 is 2.50 bits per heavy atom. The summed E-state index contributed by atoms with van der Waals surface area (Å²) >= 11 is 1.14. The number of hydrogen-bond donors (Lipinski definition) is 3. The van der Waals surface area contributed by atoms with Crippen molar-refractivity contribution in [2.24, 2.45) is 10.9 Å². The minimum absolute atomic E-state index is 0. The SMILES string of the molecule is CCNC(=NCCNS(=O)(=O)c1cccs1)NC1CCC(C(F)(F)F)CC1.I. The molecule has 0 bridgehead atoms. The van der Waals surface area contributed by atoms with Gasteiger partial charge in [0.1, 0.15) is 4.21 Å². The number of nitrogens with one attached hydrogen (secondary N) is 3. The van der Waals surface area contributed by atoms with Crippen molar-refractivity contribution in [3.63, 3.8) is 0 Å². The number of aliphatic imine (C=N–C) groups is 1. The number of sulfonamides is 1. The lowest BCUT2D eigenvalue weighted by Crippen LogP contribution is -2.46. The van der Waals surface area contributed by atoms with Gasteiger partial charge in [-0.15, -0.1) is 35.3 Å². The zero-order valence-corrected chi connectivity index (χ0v) is 19.4. The summed E-state index contributed by atoms with van der Waals surface area (Å²) in [6.45, 7) is 2.84. The molecule has 3 N–H and O–H groups in total. The highest BCUT2D eigenvalue weighted by Gasteiger charge is 2.41. The molecule has 0 saturated heterocycles. The third kappa shape index (κ3) is 8.03. The molecular weight excluding hydrogens is 528 g/mol. The number of hydrogen-bond acceptors (Lipinski definition) is 4. The van der Waals surface area contributed by atoms with Crippen molar-refractivity contribution in [1.82, 2.24) is 15.4 Å². The maximum atomic E-state index is 12.7. The van der Waals surface area contributed by atoms with Gasteiger partial charge in [-0.1, -0.05) is 6.07 Å². The minimum Gasteiger partial charge on any atom is -0.357 e. The Bertz CT molecular complexity index is 704. The molecule has 6 nitrogen and oxygen atoms in total. The fraction of sp³-hybridized carbons (Fsp3) is 0.688. The van der Waals surface area contributed by atoms with Crippen LogP contribution >= 0.6 is 35.3 Å². The Kier molecular flexibility index (Phi) is 10.5. The number of alkyl halides is 3. The Morgan fingerprint density at radius 2 is 1.96 bits per heavy atom. The molecule has 0 spiro atoms. The van der Waals surface area contributed by atoms with E-state index in [1.54, 1.807) is 11.4 Å². The van der Waals surface area contributed by atoms with Crippen LogP contribution in [0.25, 0.3) is 0 Å². The highest BCUT2D eigenvalue weighted by atomic mass is 127. The standard InChI is InChI=1S/C16H25F3N4O2S2.HI/c1-2-20-15(23-13-7-5-12(6-8-13)16(17,18)19)21-9-10-22-27(24,25)14-4-3-11-26-14;/h3-4,11-13,22H,2,5-10H2,1H3,(H2,20,21,23);1H. The van der Waals surface area contributed by atoms with Gasteiger partial charge >= 0.3 is 6.18 Å². The van der Waals surface area contributed by atoms with Gasteiger partial charge in [0.05, 0.1) is 12.5 Å². The van der Waals surface area contributed by atoms with E-state index in [4.69, 9.17) is 0 Å². The van der Waals surface area contributed by atoms with E-state index in [9.17, 15) is 21.6 Å². The summed E-state index contributed by atoms with van der Waals surface area (Å²) in [5.41, 5.74) is 0. The van der Waals surface area contributed by atoms with Crippen molar-refractivity contribution in [3.05, 3.63) is 17.5 Å². The molecule has 0 unspecified atom stereocenters. The first-order valence-electron chi connectivity index (χ1n) is 8.87. The zero-order valence-electron chi connectivity index (χ0n) is 15.5. The highest BCUT2D eigenvalue weighted by molar-refractivity contribution is 14.0. The molecule has 1 saturated carbocycles. The van der Waals surface area contributed by atoms with Crippen LogP contribution in [0.4, 0.5) is 13.2 Å². The topological polar surface area (TPSA) is 82.6 Å². The molecule has 1 heterocycles. The summed E-state index contributed by atoms with van der Waals surface area (Å²) in [6, 6.07) is 3.13. The molecule has 1 aromatic rings. The van der Waals surface area contributed by atoms with Crippen molar-refractivity contribution in [2.75, 3.05) is 19.6 Å². The predicted octanol–water partition coefficient (Wildman–Crippen LogP) is 3.32. The zero-order chi connectivity index (χ0) is 19.9. The van der Waals surface area contributed by atoms with Crippen LogP contribution in [0.5, 0.6) is 0 Å². The fourth-order valence-corrected chi connectivity index (χ4v) is 4.97. The Balaban J connectivity index is 0.00000392. The molecule has 28 heavy (non-hydrogen) atoms. The van der Waals surface area contributed by atoms with Gasteiger partial charge < -0.3 is 10.6 Å². The van der Waals surface area contributed by atoms with Crippen molar-refractivity contribution in [3.8, 4) is 0 Å². The van der Waals surface area contributed by atoms with Gasteiger partial charge in [-0.05, 0) is 44.1 Å². The van der Waals surface area contributed by atoms with E-state index in [0.29, 0.717) is 25.3 Å². The third-order valence-electron chi connectivity index (χ3n) is 4.31. The van der Waals surface area contributed by atoms with Crippen molar-refractivity contribution >= 4 is 51.3 Å². The molecule has 0 aliphatic heterocycles. The number of rotatable bonds is 7. The normalized spacial score (nSPS) is 21.1. The van der Waals surface area contributed by atoms with Crippen molar-refractivity contribution in [2.45, 2.75) is 49.0 Å². The number of halogens is 4. The first-order chi connectivity index (χ1) is 12.7. The number of nitrogens with zero attached hydrogens (tertiary/aromatic N) is 1. The fourth-order valence-electron chi connectivity index (χ4n) is 2.91. The van der Waals surface area contributed by atoms with E-state index < -0.39 is 22.1 Å². The molecule has 0 aromatic carbocycles. The molecule has 2 rings (SSSR count). The molecule has 1 aromatic heterocycles. The average Bonchev–Trinajstić information content (AvgIpc) is 3.14. The second-order valence-electron chi connectivity index (χ2n) is 6.33. The van der Waals surface area contributed by atoms with Crippen LogP contribution in [-0.2, 0) is 10.0 Å². The molecule has 12 heteroatoms. The Hall–Kier alpha value is -0.600. The number of guanidine groups is 1. The van der Waals surface area contributed by atoms with Crippen LogP contribution < -0.4 is 15.4 Å². The van der Waals surface area contributed by atoms with Gasteiger partial charge in [-0.25, -0.2) is 13.1 Å². The lowest BCUT2D eigenvalue weighted by Gasteiger charge is -2.31. The molecular formula is C16H26F3IN4O2S2. The van der Waals surface area contributed by atoms with Crippen LogP contribution in [0.3, 0.4) is 0 Å². The van der Waals surface area contributed by atoms with E-state index >= 15 is 0 Å². The van der Waals surface area contributed by atoms with Crippen LogP contribution in [0.1, 0.15) is 32.6 Å². The maximum absolute atomic E-state index is 12.7. The smallest absolute Gasteiger partial charge is 0.357 e. The van der Waals surface area contributed by atoms with E-state index in [1.165, 1.54) is 6.07 Å². The Morgan fingerprint density at radius 1 is 1.29 bits per heavy atom. The summed E-state index contributed by atoms with van der Waals surface area (Å²) in [5.74, 6) is -0.731. The molecule has 0 amide bonds. The monoisotopic (exact) mass is 554 g/mol. The van der Waals surface area contributed by atoms with Crippen molar-refractivity contribution < 1.29 is 21.6 Å². The molecule has 0 radical (unpaired) electrons. The Labute approximate surface area is 184 Å². The first kappa shape index (κ1) is 25.4. The van der Waals surface area contributed by atoms with E-state index in [2.05, 4.69) is 20.3 Å². The minimum atomic E-state index is -4.12. The van der Waals surface area contributed by atoms with Crippen LogP contribution in [-0.4, -0.2) is 46.2 Å². The van der Waals surface area contributed by atoms with Crippen LogP contribution in [0.15, 0.2) is 26.7 Å². The van der Waals surface area contributed by atoms with Gasteiger partial charge in [0.25, 0.3) is 0 Å². The van der Waals surface area contributed by atoms with Gasteiger partial charge in [0.15, 0.2) is 5.96 Å². The largest absolute Gasteiger partial charge is 0.391 e. The van der Waals surface area contributed by atoms with E-state index in [-0.39, 0.29) is 60.2 Å². The van der Waals surface area contributed by atoms with Crippen LogP contribution in [0.2, 0.25) is 0 Å². The molecule has 162 valence electrons. The summed E-state index contributed by atoms with van der Waals surface area (Å²) in [5, 5.41) is 7.88. The molecule has 1 fully saturated rings. The van der Waals surface area contributed by atoms with Gasteiger partial charge in [-0.3, -0.25) is 4.99 Å². The summed E-state index contributed by atoms with van der Waals surface area (Å²) in [7, 11) is -3.52. The lowest BCUT2D eigenvalue weighted by atomic mass is 9.85. The van der Waals surface area contributed by atoms with Crippen molar-refractivity contribution in [1.29, 1.82) is 0 Å². The van der Waals surface area contributed by atoms with Gasteiger partial charge in [-0.2, -0.15) is 13.2 Å². The highest BCUT2D eigenvalue weighted by Crippen LogP contribution is 2.37. The third-order valence-corrected chi connectivity index (χ3v) is 7.17. The lowest BCUT2D eigenvalue weighted by molar-refractivity contribution is -0.182. The second kappa shape index (κ2) is 11.6.